The van der Waals surface area contributed by atoms with E-state index in [1.807, 2.05) is 0 Å². The summed E-state index contributed by atoms with van der Waals surface area (Å²) in [6, 6.07) is 11.5. The van der Waals surface area contributed by atoms with Gasteiger partial charge in [0.2, 0.25) is 5.75 Å². The van der Waals surface area contributed by atoms with Crippen molar-refractivity contribution in [1.82, 2.24) is 0 Å². The van der Waals surface area contributed by atoms with E-state index in [2.05, 4.69) is 4.18 Å². The van der Waals surface area contributed by atoms with Crippen molar-refractivity contribution in [3.63, 3.8) is 0 Å². The predicted octanol–water partition coefficient (Wildman–Crippen LogP) is 4.63. The minimum atomic E-state index is -6.04. The summed E-state index contributed by atoms with van der Waals surface area (Å²) in [5, 5.41) is 0. The molecule has 0 saturated heterocycles. The zero-order chi connectivity index (χ0) is 28.3. The number of halogens is 3. The number of ether oxygens (including phenoxy) is 4. The van der Waals surface area contributed by atoms with E-state index < -0.39 is 38.7 Å². The Morgan fingerprint density at radius 1 is 0.763 bits per heavy atom. The number of hydrogen-bond donors (Lipinski definition) is 0. The van der Waals surface area contributed by atoms with Crippen molar-refractivity contribution < 1.29 is 54.3 Å². The van der Waals surface area contributed by atoms with Gasteiger partial charge in [-0.2, -0.15) is 21.6 Å². The summed E-state index contributed by atoms with van der Waals surface area (Å²) >= 11 is 0. The van der Waals surface area contributed by atoms with Gasteiger partial charge in [-0.3, -0.25) is 4.79 Å². The molecule has 0 aromatic heterocycles. The molecule has 13 heteroatoms. The summed E-state index contributed by atoms with van der Waals surface area (Å²) in [5.41, 5.74) is -5.67. The van der Waals surface area contributed by atoms with Gasteiger partial charge in [0.25, 0.3) is 0 Å². The molecule has 202 valence electrons. The molecule has 0 bridgehead atoms. The normalized spacial score (nSPS) is 11.4. The number of ketones is 1. The van der Waals surface area contributed by atoms with E-state index in [0.29, 0.717) is 16.9 Å². The number of para-hydroxylation sites is 1. The number of rotatable bonds is 9. The summed E-state index contributed by atoms with van der Waals surface area (Å²) in [4.78, 5) is 25.9. The average molecular weight is 554 g/mol. The van der Waals surface area contributed by atoms with Crippen LogP contribution in [0.5, 0.6) is 23.0 Å². The highest BCUT2D eigenvalue weighted by molar-refractivity contribution is 7.88. The maximum absolute atomic E-state index is 13.2. The van der Waals surface area contributed by atoms with Crippen LogP contribution >= 0.6 is 0 Å². The van der Waals surface area contributed by atoms with E-state index in [0.717, 1.165) is 19.2 Å². The quantitative estimate of drug-likeness (QED) is 0.162. The summed E-state index contributed by atoms with van der Waals surface area (Å²) in [7, 11) is -0.682. The Hall–Kier alpha value is -4.26. The predicted molar refractivity (Wildman–Crippen MR) is 128 cm³/mol. The standard InChI is InChI=1S/C25H21F3O9S/c1-33-20-12-15(13-21(34-2)23(20)35-3)16-10-9-14(11-18(16)24(30)36-4)22(29)17-7-5-6-8-19(17)37-38(31,32)25(26,27)28/h5-13H,1-4H3. The van der Waals surface area contributed by atoms with Crippen LogP contribution < -0.4 is 18.4 Å². The van der Waals surface area contributed by atoms with Crippen molar-refractivity contribution in [3.8, 4) is 34.1 Å². The molecule has 0 amide bonds. The Kier molecular flexibility index (Phi) is 8.20. The van der Waals surface area contributed by atoms with Gasteiger partial charge in [-0.1, -0.05) is 24.3 Å². The number of carbonyl (C=O) groups is 2. The van der Waals surface area contributed by atoms with Crippen LogP contribution in [0.25, 0.3) is 11.1 Å². The highest BCUT2D eigenvalue weighted by atomic mass is 32.2. The lowest BCUT2D eigenvalue weighted by molar-refractivity contribution is -0.0500. The Morgan fingerprint density at radius 3 is 1.89 bits per heavy atom. The Bertz CT molecular complexity index is 1460. The molecule has 3 aromatic rings. The van der Waals surface area contributed by atoms with Crippen molar-refractivity contribution in [2.75, 3.05) is 28.4 Å². The highest BCUT2D eigenvalue weighted by Crippen LogP contribution is 2.42. The molecule has 38 heavy (non-hydrogen) atoms. The maximum Gasteiger partial charge on any atom is 0.534 e. The fourth-order valence-electron chi connectivity index (χ4n) is 3.50. The zero-order valence-corrected chi connectivity index (χ0v) is 21.2. The van der Waals surface area contributed by atoms with Crippen LogP contribution in [0.3, 0.4) is 0 Å². The van der Waals surface area contributed by atoms with Gasteiger partial charge in [-0.05, 0) is 41.5 Å². The molecule has 0 unspecified atom stereocenters. The van der Waals surface area contributed by atoms with Crippen molar-refractivity contribution in [1.29, 1.82) is 0 Å². The van der Waals surface area contributed by atoms with Gasteiger partial charge in [0.05, 0.1) is 39.6 Å². The molecule has 0 aliphatic carbocycles. The third kappa shape index (κ3) is 5.52. The van der Waals surface area contributed by atoms with Gasteiger partial charge in [-0.25, -0.2) is 4.79 Å². The average Bonchev–Trinajstić information content (AvgIpc) is 2.90. The van der Waals surface area contributed by atoms with Crippen LogP contribution in [-0.4, -0.2) is 54.1 Å². The number of carbonyl (C=O) groups excluding carboxylic acids is 2. The van der Waals surface area contributed by atoms with Crippen LogP contribution in [-0.2, 0) is 14.9 Å². The van der Waals surface area contributed by atoms with Crippen molar-refractivity contribution in [2.24, 2.45) is 0 Å². The molecule has 9 nitrogen and oxygen atoms in total. The van der Waals surface area contributed by atoms with E-state index in [-0.39, 0.29) is 22.6 Å². The monoisotopic (exact) mass is 554 g/mol. The first-order chi connectivity index (χ1) is 17.9. The van der Waals surface area contributed by atoms with Gasteiger partial charge in [0.1, 0.15) is 0 Å². The SMILES string of the molecule is COC(=O)c1cc(C(=O)c2ccccc2OS(=O)(=O)C(F)(F)F)ccc1-c1cc(OC)c(OC)c(OC)c1. The molecule has 0 fully saturated rings. The minimum absolute atomic E-state index is 0.0751. The van der Waals surface area contributed by atoms with Crippen LogP contribution in [0.15, 0.2) is 54.6 Å². The van der Waals surface area contributed by atoms with E-state index in [9.17, 15) is 31.2 Å². The van der Waals surface area contributed by atoms with Crippen molar-refractivity contribution in [2.45, 2.75) is 5.51 Å². The molecular formula is C25H21F3O9S. The van der Waals surface area contributed by atoms with Crippen molar-refractivity contribution >= 4 is 21.9 Å². The number of esters is 1. The second-order valence-corrected chi connectivity index (χ2v) is 9.01. The Labute approximate surface area is 215 Å². The topological polar surface area (TPSA) is 114 Å². The Morgan fingerprint density at radius 2 is 1.37 bits per heavy atom. The lowest BCUT2D eigenvalue weighted by Crippen LogP contribution is -2.28. The molecule has 0 N–H and O–H groups in total. The molecule has 0 atom stereocenters. The summed E-state index contributed by atoms with van der Waals surface area (Å²) < 4.78 is 86.6. The lowest BCUT2D eigenvalue weighted by atomic mass is 9.94. The lowest BCUT2D eigenvalue weighted by Gasteiger charge is -2.16. The van der Waals surface area contributed by atoms with E-state index in [1.54, 1.807) is 12.1 Å². The number of hydrogen-bond acceptors (Lipinski definition) is 9. The van der Waals surface area contributed by atoms with Crippen LogP contribution in [0, 0.1) is 0 Å². The summed E-state index contributed by atoms with van der Waals surface area (Å²) in [6.07, 6.45) is 0. The molecule has 0 aliphatic heterocycles. The third-order valence-electron chi connectivity index (χ3n) is 5.28. The molecule has 3 aromatic carbocycles. The highest BCUT2D eigenvalue weighted by Gasteiger charge is 2.49. The van der Waals surface area contributed by atoms with E-state index in [4.69, 9.17) is 18.9 Å². The number of benzene rings is 3. The van der Waals surface area contributed by atoms with Gasteiger partial charge < -0.3 is 23.1 Å². The van der Waals surface area contributed by atoms with E-state index >= 15 is 0 Å². The largest absolute Gasteiger partial charge is 0.534 e. The van der Waals surface area contributed by atoms with Crippen LogP contribution in [0.2, 0.25) is 0 Å². The van der Waals surface area contributed by atoms with E-state index in [1.165, 1.54) is 51.7 Å². The summed E-state index contributed by atoms with van der Waals surface area (Å²) in [5.74, 6) is -1.68. The van der Waals surface area contributed by atoms with Gasteiger partial charge in [0.15, 0.2) is 23.0 Å². The van der Waals surface area contributed by atoms with Crippen LogP contribution in [0.4, 0.5) is 13.2 Å². The van der Waals surface area contributed by atoms with Crippen molar-refractivity contribution in [3.05, 3.63) is 71.3 Å². The fraction of sp³-hybridized carbons (Fsp3) is 0.200. The Balaban J connectivity index is 2.14. The smallest absolute Gasteiger partial charge is 0.493 e. The molecule has 0 heterocycles. The molecule has 0 saturated carbocycles. The van der Waals surface area contributed by atoms with Crippen LogP contribution in [0.1, 0.15) is 26.3 Å². The number of alkyl halides is 3. The first-order valence-electron chi connectivity index (χ1n) is 10.6. The maximum atomic E-state index is 13.2. The molecule has 0 radical (unpaired) electrons. The minimum Gasteiger partial charge on any atom is -0.493 e. The molecule has 3 rings (SSSR count). The first-order valence-corrected chi connectivity index (χ1v) is 12.0. The third-order valence-corrected chi connectivity index (χ3v) is 6.24. The zero-order valence-electron chi connectivity index (χ0n) is 20.4. The fourth-order valence-corrected chi connectivity index (χ4v) is 3.98. The second kappa shape index (κ2) is 11.0. The van der Waals surface area contributed by atoms with Gasteiger partial charge >= 0.3 is 21.6 Å². The van der Waals surface area contributed by atoms with Gasteiger partial charge in [-0.15, -0.1) is 0 Å². The van der Waals surface area contributed by atoms with Gasteiger partial charge in [0, 0.05) is 5.56 Å². The molecule has 0 aliphatic rings. The molecular weight excluding hydrogens is 533 g/mol. The summed E-state index contributed by atoms with van der Waals surface area (Å²) in [6.45, 7) is 0. The molecule has 0 spiro atoms. The number of methoxy groups -OCH3 is 4. The second-order valence-electron chi connectivity index (χ2n) is 7.47. The first kappa shape index (κ1) is 28.3.